The molecule has 0 atom stereocenters. The summed E-state index contributed by atoms with van der Waals surface area (Å²) in [6.07, 6.45) is 7.79. The third kappa shape index (κ3) is 6.70. The van der Waals surface area contributed by atoms with E-state index in [0.717, 1.165) is 37.8 Å². The first-order valence-electron chi connectivity index (χ1n) is 9.28. The number of halogens is 2. The predicted molar refractivity (Wildman–Crippen MR) is 126 cm³/mol. The Balaban J connectivity index is 0.00000261. The molecule has 0 radical (unpaired) electrons. The summed E-state index contributed by atoms with van der Waals surface area (Å²) in [7, 11) is 2.12. The zero-order chi connectivity index (χ0) is 18.4. The topological polar surface area (TPSA) is 58.3 Å². The Kier molecular flexibility index (Phi) is 9.51. The molecule has 9 heteroatoms. The molecule has 0 amide bonds. The summed E-state index contributed by atoms with van der Waals surface area (Å²) in [4.78, 5) is 8.44. The number of aliphatic imine (C=N–C) groups is 1. The Bertz CT molecular complexity index is 725. The molecule has 3 rings (SSSR count). The number of thiophene rings is 1. The Morgan fingerprint density at radius 2 is 2.19 bits per heavy atom. The van der Waals surface area contributed by atoms with E-state index in [1.807, 2.05) is 0 Å². The number of rotatable bonds is 7. The highest BCUT2D eigenvalue weighted by molar-refractivity contribution is 14.0. The van der Waals surface area contributed by atoms with Crippen molar-refractivity contribution in [1.82, 2.24) is 25.0 Å². The van der Waals surface area contributed by atoms with Gasteiger partial charge in [0.15, 0.2) is 5.96 Å². The molecule has 150 valence electrons. The molecule has 2 aromatic rings. The van der Waals surface area contributed by atoms with Gasteiger partial charge in [-0.2, -0.15) is 0 Å². The molecule has 6 nitrogen and oxygen atoms in total. The van der Waals surface area contributed by atoms with Crippen LogP contribution in [0.25, 0.3) is 0 Å². The summed E-state index contributed by atoms with van der Waals surface area (Å²) in [5.41, 5.74) is 0. The molecule has 0 bridgehead atoms. The van der Waals surface area contributed by atoms with Crippen LogP contribution in [0.15, 0.2) is 27.2 Å². The smallest absolute Gasteiger partial charge is 0.194 e. The number of nitrogens with one attached hydrogen (secondary N) is 1. The SMILES string of the molecule is CCc1nncn1CCN=C(NC1CCCC1)N(C)Cc1ccc(Br)s1.I. The fourth-order valence-corrected chi connectivity index (χ4v) is 4.81. The average Bonchev–Trinajstić information content (AvgIpc) is 3.36. The van der Waals surface area contributed by atoms with Gasteiger partial charge in [-0.1, -0.05) is 19.8 Å². The molecule has 0 saturated heterocycles. The van der Waals surface area contributed by atoms with Crippen molar-refractivity contribution in [3.05, 3.63) is 32.9 Å². The van der Waals surface area contributed by atoms with Crippen LogP contribution in [-0.4, -0.2) is 45.3 Å². The zero-order valence-electron chi connectivity index (χ0n) is 15.9. The van der Waals surface area contributed by atoms with E-state index in [4.69, 9.17) is 4.99 Å². The van der Waals surface area contributed by atoms with Crippen molar-refractivity contribution in [2.75, 3.05) is 13.6 Å². The fourth-order valence-electron chi connectivity index (χ4n) is 3.28. The molecule has 1 fully saturated rings. The monoisotopic (exact) mass is 566 g/mol. The molecular formula is C18H28BrIN6S. The van der Waals surface area contributed by atoms with Crippen molar-refractivity contribution in [2.45, 2.75) is 58.2 Å². The summed E-state index contributed by atoms with van der Waals surface area (Å²) in [5.74, 6) is 2.01. The molecule has 1 aliphatic carbocycles. The number of guanidine groups is 1. The number of aryl methyl sites for hydroxylation is 1. The van der Waals surface area contributed by atoms with E-state index in [1.54, 1.807) is 17.7 Å². The second-order valence-electron chi connectivity index (χ2n) is 6.69. The quantitative estimate of drug-likeness (QED) is 0.308. The molecule has 2 aromatic heterocycles. The van der Waals surface area contributed by atoms with Gasteiger partial charge in [0.05, 0.1) is 16.9 Å². The van der Waals surface area contributed by atoms with E-state index in [-0.39, 0.29) is 24.0 Å². The zero-order valence-corrected chi connectivity index (χ0v) is 20.6. The predicted octanol–water partition coefficient (Wildman–Crippen LogP) is 4.30. The minimum absolute atomic E-state index is 0. The van der Waals surface area contributed by atoms with Gasteiger partial charge < -0.3 is 14.8 Å². The third-order valence-electron chi connectivity index (χ3n) is 4.69. The maximum atomic E-state index is 4.89. The Labute approximate surface area is 191 Å². The maximum Gasteiger partial charge on any atom is 0.194 e. The number of hydrogen-bond acceptors (Lipinski definition) is 4. The first-order valence-corrected chi connectivity index (χ1v) is 10.9. The van der Waals surface area contributed by atoms with Crippen molar-refractivity contribution >= 4 is 57.2 Å². The number of nitrogens with zero attached hydrogens (tertiary/aromatic N) is 5. The molecule has 0 unspecified atom stereocenters. The Morgan fingerprint density at radius 1 is 1.41 bits per heavy atom. The third-order valence-corrected chi connectivity index (χ3v) is 6.29. The van der Waals surface area contributed by atoms with E-state index < -0.39 is 0 Å². The molecule has 1 aliphatic rings. The second kappa shape index (κ2) is 11.4. The lowest BCUT2D eigenvalue weighted by Gasteiger charge is -2.25. The maximum absolute atomic E-state index is 4.89. The molecule has 1 saturated carbocycles. The Morgan fingerprint density at radius 3 is 2.85 bits per heavy atom. The van der Waals surface area contributed by atoms with Crippen molar-refractivity contribution in [1.29, 1.82) is 0 Å². The van der Waals surface area contributed by atoms with E-state index in [2.05, 4.69) is 67.0 Å². The molecule has 1 N–H and O–H groups in total. The van der Waals surface area contributed by atoms with Crippen LogP contribution in [-0.2, 0) is 19.5 Å². The van der Waals surface area contributed by atoms with Gasteiger partial charge in [-0.25, -0.2) is 0 Å². The van der Waals surface area contributed by atoms with Crippen LogP contribution in [0.2, 0.25) is 0 Å². The number of hydrogen-bond donors (Lipinski definition) is 1. The fraction of sp³-hybridized carbons (Fsp3) is 0.611. The normalized spacial score (nSPS) is 15.0. The van der Waals surface area contributed by atoms with Crippen molar-refractivity contribution in [3.8, 4) is 0 Å². The summed E-state index contributed by atoms with van der Waals surface area (Å²) in [6, 6.07) is 4.82. The van der Waals surface area contributed by atoms with Gasteiger partial charge in [0.2, 0.25) is 0 Å². The summed E-state index contributed by atoms with van der Waals surface area (Å²) in [6.45, 7) is 4.49. The Hall–Kier alpha value is -0.680. The van der Waals surface area contributed by atoms with Crippen molar-refractivity contribution in [3.63, 3.8) is 0 Å². The highest BCUT2D eigenvalue weighted by Crippen LogP contribution is 2.23. The van der Waals surface area contributed by atoms with Gasteiger partial charge >= 0.3 is 0 Å². The molecule has 27 heavy (non-hydrogen) atoms. The highest BCUT2D eigenvalue weighted by Gasteiger charge is 2.18. The van der Waals surface area contributed by atoms with Gasteiger partial charge in [0.25, 0.3) is 0 Å². The molecule has 0 spiro atoms. The minimum Gasteiger partial charge on any atom is -0.354 e. The standard InChI is InChI=1S/C18H27BrN6S.HI/c1-3-17-23-21-13-25(17)11-10-20-18(22-14-6-4-5-7-14)24(2)12-15-8-9-16(19)26-15;/h8-9,13-14H,3-7,10-12H2,1-2H3,(H,20,22);1H. The summed E-state index contributed by atoms with van der Waals surface area (Å²) in [5, 5.41) is 11.8. The summed E-state index contributed by atoms with van der Waals surface area (Å²) < 4.78 is 3.26. The van der Waals surface area contributed by atoms with Crippen LogP contribution < -0.4 is 5.32 Å². The van der Waals surface area contributed by atoms with Crippen molar-refractivity contribution in [2.24, 2.45) is 4.99 Å². The van der Waals surface area contributed by atoms with E-state index in [1.165, 1.54) is 34.3 Å². The molecule has 2 heterocycles. The second-order valence-corrected chi connectivity index (χ2v) is 9.23. The first-order chi connectivity index (χ1) is 12.7. The van der Waals surface area contributed by atoms with Crippen LogP contribution in [0.4, 0.5) is 0 Å². The minimum atomic E-state index is 0. The van der Waals surface area contributed by atoms with E-state index in [9.17, 15) is 0 Å². The molecule has 0 aliphatic heterocycles. The van der Waals surface area contributed by atoms with Crippen LogP contribution in [0.1, 0.15) is 43.3 Å². The largest absolute Gasteiger partial charge is 0.354 e. The van der Waals surface area contributed by atoms with E-state index >= 15 is 0 Å². The molecular weight excluding hydrogens is 539 g/mol. The number of aromatic nitrogens is 3. The van der Waals surface area contributed by atoms with Crippen LogP contribution >= 0.6 is 51.2 Å². The van der Waals surface area contributed by atoms with Gasteiger partial charge in [-0.15, -0.1) is 45.5 Å². The summed E-state index contributed by atoms with van der Waals surface area (Å²) >= 11 is 5.32. The lowest BCUT2D eigenvalue weighted by atomic mass is 10.2. The highest BCUT2D eigenvalue weighted by atomic mass is 127. The first kappa shape index (κ1) is 22.6. The molecule has 0 aromatic carbocycles. The van der Waals surface area contributed by atoms with Crippen LogP contribution in [0.5, 0.6) is 0 Å². The van der Waals surface area contributed by atoms with E-state index in [0.29, 0.717) is 6.04 Å². The van der Waals surface area contributed by atoms with Crippen molar-refractivity contribution < 1.29 is 0 Å². The average molecular weight is 567 g/mol. The van der Waals surface area contributed by atoms with Gasteiger partial charge in [0.1, 0.15) is 12.2 Å². The van der Waals surface area contributed by atoms with Crippen LogP contribution in [0.3, 0.4) is 0 Å². The lowest BCUT2D eigenvalue weighted by Crippen LogP contribution is -2.43. The van der Waals surface area contributed by atoms with Gasteiger partial charge in [0, 0.05) is 30.9 Å². The van der Waals surface area contributed by atoms with Gasteiger partial charge in [-0.05, 0) is 40.9 Å². The lowest BCUT2D eigenvalue weighted by molar-refractivity contribution is 0.459. The van der Waals surface area contributed by atoms with Crippen LogP contribution in [0, 0.1) is 0 Å². The van der Waals surface area contributed by atoms with Gasteiger partial charge in [-0.3, -0.25) is 4.99 Å².